The number of rotatable bonds is 6. The van der Waals surface area contributed by atoms with E-state index < -0.39 is 0 Å². The topological polar surface area (TPSA) is 38.3 Å². The number of benzene rings is 1. The highest BCUT2D eigenvalue weighted by atomic mass is 16.5. The van der Waals surface area contributed by atoms with Gasteiger partial charge in [0.1, 0.15) is 5.75 Å². The van der Waals surface area contributed by atoms with Crippen molar-refractivity contribution >= 4 is 5.91 Å². The summed E-state index contributed by atoms with van der Waals surface area (Å²) in [5.41, 5.74) is 1.19. The van der Waals surface area contributed by atoms with Gasteiger partial charge in [-0.3, -0.25) is 4.79 Å². The highest BCUT2D eigenvalue weighted by molar-refractivity contribution is 5.78. The first-order valence-electron chi connectivity index (χ1n) is 6.61. The fourth-order valence-corrected chi connectivity index (χ4v) is 2.13. The highest BCUT2D eigenvalue weighted by Gasteiger charge is 2.32. The second kappa shape index (κ2) is 5.89. The minimum Gasteiger partial charge on any atom is -0.497 e. The standard InChI is InChI=1S/C15H21NO2/c1-11(13-6-7-13)15(17)16-9-8-12-4-3-5-14(10-12)18-2/h3-5,10-11,13H,6-9H2,1-2H3,(H,16,17). The van der Waals surface area contributed by atoms with Gasteiger partial charge in [-0.05, 0) is 42.9 Å². The van der Waals surface area contributed by atoms with Crippen molar-refractivity contribution in [3.63, 3.8) is 0 Å². The molecule has 0 aliphatic heterocycles. The molecule has 1 aromatic rings. The predicted octanol–water partition coefficient (Wildman–Crippen LogP) is 2.40. The molecule has 1 saturated carbocycles. The van der Waals surface area contributed by atoms with Crippen LogP contribution in [0.15, 0.2) is 24.3 Å². The van der Waals surface area contributed by atoms with Crippen LogP contribution in [-0.2, 0) is 11.2 Å². The Kier molecular flexibility index (Phi) is 4.24. The summed E-state index contributed by atoms with van der Waals surface area (Å²) in [5.74, 6) is 1.86. The van der Waals surface area contributed by atoms with Crippen molar-refractivity contribution in [1.29, 1.82) is 0 Å². The lowest BCUT2D eigenvalue weighted by Gasteiger charge is -2.11. The molecule has 0 aromatic heterocycles. The normalized spacial score (nSPS) is 16.1. The number of hydrogen-bond acceptors (Lipinski definition) is 2. The summed E-state index contributed by atoms with van der Waals surface area (Å²) in [7, 11) is 1.66. The van der Waals surface area contributed by atoms with Crippen molar-refractivity contribution in [3.8, 4) is 5.75 Å². The number of hydrogen-bond donors (Lipinski definition) is 1. The maximum atomic E-state index is 11.8. The van der Waals surface area contributed by atoms with Crippen molar-refractivity contribution in [2.24, 2.45) is 11.8 Å². The fourth-order valence-electron chi connectivity index (χ4n) is 2.13. The van der Waals surface area contributed by atoms with Gasteiger partial charge in [0, 0.05) is 12.5 Å². The van der Waals surface area contributed by atoms with Gasteiger partial charge in [-0.25, -0.2) is 0 Å². The summed E-state index contributed by atoms with van der Waals surface area (Å²) >= 11 is 0. The minimum atomic E-state index is 0.176. The van der Waals surface area contributed by atoms with E-state index in [0.717, 1.165) is 12.2 Å². The van der Waals surface area contributed by atoms with Crippen LogP contribution >= 0.6 is 0 Å². The molecular formula is C15H21NO2. The Bertz CT molecular complexity index is 413. The van der Waals surface area contributed by atoms with Gasteiger partial charge in [-0.15, -0.1) is 0 Å². The van der Waals surface area contributed by atoms with E-state index in [1.54, 1.807) is 7.11 Å². The molecule has 1 fully saturated rings. The van der Waals surface area contributed by atoms with Gasteiger partial charge in [-0.2, -0.15) is 0 Å². The van der Waals surface area contributed by atoms with Crippen molar-refractivity contribution in [3.05, 3.63) is 29.8 Å². The SMILES string of the molecule is COc1cccc(CCNC(=O)C(C)C2CC2)c1. The molecule has 3 nitrogen and oxygen atoms in total. The fraction of sp³-hybridized carbons (Fsp3) is 0.533. The number of amides is 1. The average Bonchev–Trinajstić information content (AvgIpc) is 3.22. The highest BCUT2D eigenvalue weighted by Crippen LogP contribution is 2.36. The van der Waals surface area contributed by atoms with Gasteiger partial charge in [0.15, 0.2) is 0 Å². The first-order chi connectivity index (χ1) is 8.70. The zero-order valence-corrected chi connectivity index (χ0v) is 11.1. The van der Waals surface area contributed by atoms with Crippen LogP contribution in [0.2, 0.25) is 0 Å². The maximum Gasteiger partial charge on any atom is 0.223 e. The minimum absolute atomic E-state index is 0.176. The number of carbonyl (C=O) groups is 1. The van der Waals surface area contributed by atoms with Crippen LogP contribution < -0.4 is 10.1 Å². The quantitative estimate of drug-likeness (QED) is 0.838. The molecule has 1 unspecified atom stereocenters. The second-order valence-electron chi connectivity index (χ2n) is 5.02. The summed E-state index contributed by atoms with van der Waals surface area (Å²) in [6.45, 7) is 2.72. The molecule has 18 heavy (non-hydrogen) atoms. The largest absolute Gasteiger partial charge is 0.497 e. The first kappa shape index (κ1) is 12.9. The Morgan fingerprint density at radius 3 is 2.94 bits per heavy atom. The molecule has 0 bridgehead atoms. The van der Waals surface area contributed by atoms with Gasteiger partial charge < -0.3 is 10.1 Å². The molecule has 1 aliphatic rings. The Labute approximate surface area is 109 Å². The van der Waals surface area contributed by atoms with Crippen LogP contribution in [0.4, 0.5) is 0 Å². The van der Waals surface area contributed by atoms with E-state index in [1.807, 2.05) is 25.1 Å². The summed E-state index contributed by atoms with van der Waals surface area (Å²) < 4.78 is 5.17. The molecule has 3 heteroatoms. The number of ether oxygens (including phenoxy) is 1. The van der Waals surface area contributed by atoms with E-state index in [9.17, 15) is 4.79 Å². The summed E-state index contributed by atoms with van der Waals surface area (Å²) in [5, 5.41) is 3.01. The molecule has 1 aliphatic carbocycles. The predicted molar refractivity (Wildman–Crippen MR) is 71.6 cm³/mol. The Morgan fingerprint density at radius 2 is 2.28 bits per heavy atom. The maximum absolute atomic E-state index is 11.8. The number of nitrogens with one attached hydrogen (secondary N) is 1. The average molecular weight is 247 g/mol. The van der Waals surface area contributed by atoms with E-state index in [2.05, 4.69) is 11.4 Å². The lowest BCUT2D eigenvalue weighted by molar-refractivity contribution is -0.125. The summed E-state index contributed by atoms with van der Waals surface area (Å²) in [6, 6.07) is 7.97. The molecule has 98 valence electrons. The lowest BCUT2D eigenvalue weighted by atomic mass is 10.1. The molecule has 1 amide bonds. The van der Waals surface area contributed by atoms with Gasteiger partial charge in [0.25, 0.3) is 0 Å². The van der Waals surface area contributed by atoms with Gasteiger partial charge in [0.05, 0.1) is 7.11 Å². The summed E-state index contributed by atoms with van der Waals surface area (Å²) in [6.07, 6.45) is 3.27. The molecule has 0 radical (unpaired) electrons. The Morgan fingerprint density at radius 1 is 1.50 bits per heavy atom. The van der Waals surface area contributed by atoms with E-state index in [0.29, 0.717) is 12.5 Å². The third-order valence-corrected chi connectivity index (χ3v) is 3.59. The van der Waals surface area contributed by atoms with E-state index in [4.69, 9.17) is 4.74 Å². The van der Waals surface area contributed by atoms with Crippen molar-refractivity contribution in [1.82, 2.24) is 5.32 Å². The molecule has 0 heterocycles. The van der Waals surface area contributed by atoms with Gasteiger partial charge in [-0.1, -0.05) is 19.1 Å². The van der Waals surface area contributed by atoms with Crippen molar-refractivity contribution < 1.29 is 9.53 Å². The molecule has 0 saturated heterocycles. The molecular weight excluding hydrogens is 226 g/mol. The van der Waals surface area contributed by atoms with Crippen LogP contribution in [-0.4, -0.2) is 19.6 Å². The van der Waals surface area contributed by atoms with Crippen LogP contribution in [0, 0.1) is 11.8 Å². The zero-order chi connectivity index (χ0) is 13.0. The molecule has 1 N–H and O–H groups in total. The molecule has 2 rings (SSSR count). The Hall–Kier alpha value is -1.51. The Balaban J connectivity index is 1.75. The number of methoxy groups -OCH3 is 1. The van der Waals surface area contributed by atoms with Gasteiger partial charge >= 0.3 is 0 Å². The molecule has 1 aromatic carbocycles. The molecule has 1 atom stereocenters. The van der Waals surface area contributed by atoms with Crippen LogP contribution in [0.3, 0.4) is 0 Å². The van der Waals surface area contributed by atoms with E-state index in [1.165, 1.54) is 18.4 Å². The van der Waals surface area contributed by atoms with Crippen LogP contribution in [0.25, 0.3) is 0 Å². The first-order valence-corrected chi connectivity index (χ1v) is 6.61. The third-order valence-electron chi connectivity index (χ3n) is 3.59. The van der Waals surface area contributed by atoms with Crippen molar-refractivity contribution in [2.45, 2.75) is 26.2 Å². The van der Waals surface area contributed by atoms with Crippen LogP contribution in [0.1, 0.15) is 25.3 Å². The van der Waals surface area contributed by atoms with Gasteiger partial charge in [0.2, 0.25) is 5.91 Å². The number of carbonyl (C=O) groups excluding carboxylic acids is 1. The van der Waals surface area contributed by atoms with Crippen molar-refractivity contribution in [2.75, 3.05) is 13.7 Å². The lowest BCUT2D eigenvalue weighted by Crippen LogP contribution is -2.31. The third kappa shape index (κ3) is 3.49. The second-order valence-corrected chi connectivity index (χ2v) is 5.02. The zero-order valence-electron chi connectivity index (χ0n) is 11.1. The molecule has 0 spiro atoms. The van der Waals surface area contributed by atoms with E-state index in [-0.39, 0.29) is 11.8 Å². The van der Waals surface area contributed by atoms with E-state index >= 15 is 0 Å². The smallest absolute Gasteiger partial charge is 0.223 e. The summed E-state index contributed by atoms with van der Waals surface area (Å²) in [4.78, 5) is 11.8. The monoisotopic (exact) mass is 247 g/mol. The van der Waals surface area contributed by atoms with Crippen LogP contribution in [0.5, 0.6) is 5.75 Å².